The van der Waals surface area contributed by atoms with E-state index < -0.39 is 5.82 Å². The van der Waals surface area contributed by atoms with E-state index >= 15 is 0 Å². The third-order valence-corrected chi connectivity index (χ3v) is 5.94. The minimum Gasteiger partial charge on any atom is -0.347 e. The van der Waals surface area contributed by atoms with Crippen LogP contribution in [0.2, 0.25) is 0 Å². The van der Waals surface area contributed by atoms with E-state index in [9.17, 15) is 9.18 Å². The Morgan fingerprint density at radius 2 is 2.27 bits per heavy atom. The molecular weight excluding hydrogens is 419 g/mol. The van der Waals surface area contributed by atoms with E-state index in [0.717, 1.165) is 34.9 Å². The van der Waals surface area contributed by atoms with Crippen LogP contribution in [0, 0.1) is 11.7 Å². The number of rotatable bonds is 3. The largest absolute Gasteiger partial charge is 0.347 e. The summed E-state index contributed by atoms with van der Waals surface area (Å²) in [6.07, 6.45) is 3.43. The number of aromatic nitrogens is 2. The van der Waals surface area contributed by atoms with Gasteiger partial charge in [0.15, 0.2) is 5.13 Å². The van der Waals surface area contributed by atoms with Crippen molar-refractivity contribution in [3.05, 3.63) is 46.8 Å². The van der Waals surface area contributed by atoms with Gasteiger partial charge in [-0.25, -0.2) is 14.4 Å². The van der Waals surface area contributed by atoms with E-state index in [0.29, 0.717) is 11.0 Å². The van der Waals surface area contributed by atoms with Crippen LogP contribution >= 0.6 is 27.3 Å². The van der Waals surface area contributed by atoms with Gasteiger partial charge in [0, 0.05) is 23.8 Å². The monoisotopic (exact) mass is 434 g/mol. The molecule has 1 aliphatic heterocycles. The smallest absolute Gasteiger partial charge is 0.229 e. The van der Waals surface area contributed by atoms with Crippen LogP contribution in [-0.2, 0) is 4.79 Å². The summed E-state index contributed by atoms with van der Waals surface area (Å²) < 4.78 is 14.6. The zero-order valence-corrected chi connectivity index (χ0v) is 16.2. The number of carbonyl (C=O) groups excluding carboxylic acids is 1. The minimum atomic E-state index is -0.447. The first-order chi connectivity index (χ1) is 12.6. The van der Waals surface area contributed by atoms with Crippen molar-refractivity contribution in [2.45, 2.75) is 12.8 Å². The minimum absolute atomic E-state index is 0.157. The maximum absolute atomic E-state index is 14.0. The van der Waals surface area contributed by atoms with Crippen LogP contribution in [0.3, 0.4) is 0 Å². The molecule has 0 radical (unpaired) electrons. The molecule has 0 aliphatic carbocycles. The van der Waals surface area contributed by atoms with Crippen molar-refractivity contribution >= 4 is 54.3 Å². The fourth-order valence-corrected chi connectivity index (χ4v) is 4.36. The van der Waals surface area contributed by atoms with E-state index in [4.69, 9.17) is 0 Å². The second-order valence-electron chi connectivity index (χ2n) is 6.22. The third kappa shape index (κ3) is 3.57. The molecule has 1 fully saturated rings. The lowest BCUT2D eigenvalue weighted by Crippen LogP contribution is -2.40. The first-order valence-corrected chi connectivity index (χ1v) is 9.93. The molecule has 1 amide bonds. The molecule has 134 valence electrons. The summed E-state index contributed by atoms with van der Waals surface area (Å²) in [5, 5.41) is 3.60. The highest BCUT2D eigenvalue weighted by Gasteiger charge is 2.28. The average molecular weight is 435 g/mol. The van der Waals surface area contributed by atoms with Gasteiger partial charge in [-0.05, 0) is 43.2 Å². The summed E-state index contributed by atoms with van der Waals surface area (Å²) >= 11 is 4.75. The van der Waals surface area contributed by atoms with Gasteiger partial charge in [0.1, 0.15) is 16.2 Å². The molecule has 3 heterocycles. The number of carbonyl (C=O) groups is 1. The topological polar surface area (TPSA) is 58.1 Å². The maximum Gasteiger partial charge on any atom is 0.229 e. The van der Waals surface area contributed by atoms with Crippen LogP contribution in [0.4, 0.5) is 15.2 Å². The average Bonchev–Trinajstić information content (AvgIpc) is 3.08. The summed E-state index contributed by atoms with van der Waals surface area (Å²) in [7, 11) is 0. The van der Waals surface area contributed by atoms with Gasteiger partial charge in [0.25, 0.3) is 0 Å². The molecule has 1 aromatic carbocycles. The Morgan fingerprint density at radius 1 is 1.38 bits per heavy atom. The van der Waals surface area contributed by atoms with Gasteiger partial charge >= 0.3 is 0 Å². The number of hydrogen-bond acceptors (Lipinski definition) is 5. The van der Waals surface area contributed by atoms with E-state index in [-0.39, 0.29) is 17.5 Å². The van der Waals surface area contributed by atoms with Crippen LogP contribution in [0.1, 0.15) is 12.8 Å². The molecule has 26 heavy (non-hydrogen) atoms. The van der Waals surface area contributed by atoms with Gasteiger partial charge in [-0.1, -0.05) is 27.3 Å². The molecule has 1 aliphatic rings. The lowest BCUT2D eigenvalue weighted by Gasteiger charge is -2.31. The standard InChI is InChI=1S/C18H16BrFN4OS/c19-12-5-6-14(13(20)9-12)22-16(25)11-3-2-8-24(10-11)18-23-15-4-1-7-21-17(15)26-18/h1,4-7,9,11H,2-3,8,10H2,(H,22,25)/t11-/m0/s1. The Labute approximate surface area is 162 Å². The van der Waals surface area contributed by atoms with Crippen molar-refractivity contribution in [2.24, 2.45) is 5.92 Å². The summed E-state index contributed by atoms with van der Waals surface area (Å²) in [4.78, 5) is 24.6. The number of pyridine rings is 1. The molecule has 2 aromatic heterocycles. The van der Waals surface area contributed by atoms with Gasteiger partial charge in [-0.3, -0.25) is 4.79 Å². The molecule has 5 nitrogen and oxygen atoms in total. The molecule has 1 saturated heterocycles. The predicted molar refractivity (Wildman–Crippen MR) is 105 cm³/mol. The molecule has 3 aromatic rings. The quantitative estimate of drug-likeness (QED) is 0.661. The van der Waals surface area contributed by atoms with Crippen molar-refractivity contribution in [3.63, 3.8) is 0 Å². The van der Waals surface area contributed by atoms with Crippen molar-refractivity contribution in [3.8, 4) is 0 Å². The van der Waals surface area contributed by atoms with Crippen molar-refractivity contribution in [2.75, 3.05) is 23.3 Å². The first kappa shape index (κ1) is 17.4. The second-order valence-corrected chi connectivity index (χ2v) is 8.09. The van der Waals surface area contributed by atoms with Crippen LogP contribution in [0.25, 0.3) is 10.3 Å². The number of anilines is 2. The predicted octanol–water partition coefficient (Wildman–Crippen LogP) is 4.45. The molecule has 0 saturated carbocycles. The summed E-state index contributed by atoms with van der Waals surface area (Å²) in [5.41, 5.74) is 1.08. The highest BCUT2D eigenvalue weighted by molar-refractivity contribution is 9.10. The molecule has 0 spiro atoms. The summed E-state index contributed by atoms with van der Waals surface area (Å²) in [5.74, 6) is -0.806. The number of thiazole rings is 1. The van der Waals surface area contributed by atoms with E-state index in [1.807, 2.05) is 12.1 Å². The lowest BCUT2D eigenvalue weighted by molar-refractivity contribution is -0.120. The Morgan fingerprint density at radius 3 is 3.08 bits per heavy atom. The number of amides is 1. The van der Waals surface area contributed by atoms with Crippen LogP contribution < -0.4 is 10.2 Å². The maximum atomic E-state index is 14.0. The highest BCUT2D eigenvalue weighted by Crippen LogP contribution is 2.31. The molecular formula is C18H16BrFN4OS. The molecule has 4 rings (SSSR count). The Hall–Kier alpha value is -2.06. The first-order valence-electron chi connectivity index (χ1n) is 8.32. The molecule has 1 N–H and O–H groups in total. The number of nitrogens with zero attached hydrogens (tertiary/aromatic N) is 3. The number of nitrogens with one attached hydrogen (secondary N) is 1. The fourth-order valence-electron chi connectivity index (χ4n) is 3.08. The Balaban J connectivity index is 1.48. The van der Waals surface area contributed by atoms with Crippen LogP contribution in [-0.4, -0.2) is 29.0 Å². The highest BCUT2D eigenvalue weighted by atomic mass is 79.9. The third-order valence-electron chi connectivity index (χ3n) is 4.41. The van der Waals surface area contributed by atoms with Crippen molar-refractivity contribution in [1.29, 1.82) is 0 Å². The molecule has 0 bridgehead atoms. The lowest BCUT2D eigenvalue weighted by atomic mass is 9.97. The van der Waals surface area contributed by atoms with E-state index in [1.54, 1.807) is 18.3 Å². The van der Waals surface area contributed by atoms with Gasteiger partial charge in [-0.15, -0.1) is 0 Å². The number of halogens is 2. The normalized spacial score (nSPS) is 17.5. The van der Waals surface area contributed by atoms with Crippen molar-refractivity contribution in [1.82, 2.24) is 9.97 Å². The van der Waals surface area contributed by atoms with Gasteiger partial charge in [0.05, 0.1) is 11.6 Å². The van der Waals surface area contributed by atoms with Crippen LogP contribution in [0.5, 0.6) is 0 Å². The van der Waals surface area contributed by atoms with Gasteiger partial charge < -0.3 is 10.2 Å². The van der Waals surface area contributed by atoms with E-state index in [2.05, 4.69) is 36.1 Å². The molecule has 8 heteroatoms. The number of benzene rings is 1. The van der Waals surface area contributed by atoms with Crippen molar-refractivity contribution < 1.29 is 9.18 Å². The molecule has 0 unspecified atom stereocenters. The van der Waals surface area contributed by atoms with Gasteiger partial charge in [-0.2, -0.15) is 0 Å². The number of piperidine rings is 1. The fraction of sp³-hybridized carbons (Fsp3) is 0.278. The Bertz CT molecular complexity index is 930. The number of fused-ring (bicyclic) bond motifs is 1. The molecule has 1 atom stereocenters. The van der Waals surface area contributed by atoms with E-state index in [1.165, 1.54) is 17.4 Å². The zero-order valence-electron chi connectivity index (χ0n) is 13.8. The second kappa shape index (κ2) is 7.28. The van der Waals surface area contributed by atoms with Gasteiger partial charge in [0.2, 0.25) is 5.91 Å². The summed E-state index contributed by atoms with van der Waals surface area (Å²) in [6.45, 7) is 1.43. The zero-order chi connectivity index (χ0) is 18.1. The van der Waals surface area contributed by atoms with Crippen LogP contribution in [0.15, 0.2) is 41.0 Å². The number of hydrogen-bond donors (Lipinski definition) is 1. The SMILES string of the molecule is O=C(Nc1ccc(Br)cc1F)[C@H]1CCCN(c2nc3cccnc3s2)C1. The summed E-state index contributed by atoms with van der Waals surface area (Å²) in [6, 6.07) is 8.42. The Kier molecular flexibility index (Phi) is 4.86.